The van der Waals surface area contributed by atoms with Gasteiger partial charge in [0.2, 0.25) is 0 Å². The van der Waals surface area contributed by atoms with Gasteiger partial charge in [0.1, 0.15) is 5.82 Å². The van der Waals surface area contributed by atoms with Crippen LogP contribution >= 0.6 is 0 Å². The lowest BCUT2D eigenvalue weighted by Gasteiger charge is -2.26. The minimum atomic E-state index is -0.527. The third-order valence-corrected chi connectivity index (χ3v) is 3.66. The summed E-state index contributed by atoms with van der Waals surface area (Å²) >= 11 is 0. The Hall–Kier alpha value is -0.930. The zero-order valence-electron chi connectivity index (χ0n) is 10.3. The van der Waals surface area contributed by atoms with Crippen molar-refractivity contribution in [2.24, 2.45) is 0 Å². The molecule has 1 aliphatic carbocycles. The molecule has 17 heavy (non-hydrogen) atoms. The molecule has 0 unspecified atom stereocenters. The second-order valence-electron chi connectivity index (χ2n) is 4.95. The van der Waals surface area contributed by atoms with Crippen LogP contribution in [0.5, 0.6) is 0 Å². The maximum absolute atomic E-state index is 12.8. The number of aliphatic hydroxyl groups excluding tert-OH is 1. The van der Waals surface area contributed by atoms with Crippen LogP contribution < -0.4 is 0 Å². The first kappa shape index (κ1) is 12.5. The van der Waals surface area contributed by atoms with Crippen molar-refractivity contribution < 1.29 is 9.50 Å². The van der Waals surface area contributed by atoms with Gasteiger partial charge < -0.3 is 10.0 Å². The highest BCUT2D eigenvalue weighted by Gasteiger charge is 2.21. The van der Waals surface area contributed by atoms with Crippen LogP contribution in [0.1, 0.15) is 37.4 Å². The van der Waals surface area contributed by atoms with E-state index in [0.717, 1.165) is 5.56 Å². The molecule has 1 saturated carbocycles. The molecule has 1 aliphatic rings. The van der Waals surface area contributed by atoms with Gasteiger partial charge >= 0.3 is 0 Å². The summed E-state index contributed by atoms with van der Waals surface area (Å²) in [7, 11) is 2.06. The van der Waals surface area contributed by atoms with Gasteiger partial charge in [-0.1, -0.05) is 25.0 Å². The molecule has 0 spiro atoms. The van der Waals surface area contributed by atoms with Crippen LogP contribution in [0.3, 0.4) is 0 Å². The summed E-state index contributed by atoms with van der Waals surface area (Å²) in [6.45, 7) is 0.621. The van der Waals surface area contributed by atoms with E-state index in [-0.39, 0.29) is 5.82 Å². The van der Waals surface area contributed by atoms with Crippen molar-refractivity contribution in [3.63, 3.8) is 0 Å². The molecule has 0 bridgehead atoms. The maximum Gasteiger partial charge on any atom is 0.123 e. The fraction of sp³-hybridized carbons (Fsp3) is 0.571. The van der Waals surface area contributed by atoms with E-state index >= 15 is 0 Å². The minimum absolute atomic E-state index is 0.259. The van der Waals surface area contributed by atoms with Gasteiger partial charge in [0.25, 0.3) is 0 Å². The van der Waals surface area contributed by atoms with Crippen molar-refractivity contribution >= 4 is 0 Å². The molecule has 0 amide bonds. The molecular formula is C14H20FNO. The molecule has 1 aromatic rings. The molecular weight excluding hydrogens is 217 g/mol. The average Bonchev–Trinajstić information content (AvgIpc) is 2.83. The fourth-order valence-corrected chi connectivity index (χ4v) is 2.56. The van der Waals surface area contributed by atoms with E-state index in [4.69, 9.17) is 0 Å². The molecule has 1 atom stereocenters. The monoisotopic (exact) mass is 237 g/mol. The number of likely N-dealkylation sites (N-methyl/N-ethyl adjacent to an activating group) is 1. The second-order valence-corrected chi connectivity index (χ2v) is 4.95. The summed E-state index contributed by atoms with van der Waals surface area (Å²) < 4.78 is 12.8. The summed E-state index contributed by atoms with van der Waals surface area (Å²) in [6.07, 6.45) is 4.52. The Kier molecular flexibility index (Phi) is 4.13. The first-order valence-electron chi connectivity index (χ1n) is 6.30. The lowest BCUT2D eigenvalue weighted by Crippen LogP contribution is -2.33. The van der Waals surface area contributed by atoms with Crippen LogP contribution in [0.15, 0.2) is 24.3 Å². The lowest BCUT2D eigenvalue weighted by molar-refractivity contribution is 0.105. The molecule has 1 fully saturated rings. The van der Waals surface area contributed by atoms with Crippen LogP contribution in [0.4, 0.5) is 4.39 Å². The zero-order valence-corrected chi connectivity index (χ0v) is 10.3. The van der Waals surface area contributed by atoms with E-state index in [1.54, 1.807) is 12.1 Å². The Balaban J connectivity index is 1.91. The van der Waals surface area contributed by atoms with Crippen LogP contribution in [-0.4, -0.2) is 29.6 Å². The van der Waals surface area contributed by atoms with E-state index < -0.39 is 6.10 Å². The molecule has 0 aliphatic heterocycles. The number of hydrogen-bond donors (Lipinski definition) is 1. The Labute approximate surface area is 102 Å². The van der Waals surface area contributed by atoms with Crippen LogP contribution in [-0.2, 0) is 0 Å². The quantitative estimate of drug-likeness (QED) is 0.870. The first-order chi connectivity index (χ1) is 8.16. The molecule has 0 heterocycles. The van der Waals surface area contributed by atoms with E-state index in [1.165, 1.54) is 37.8 Å². The second kappa shape index (κ2) is 5.61. The van der Waals surface area contributed by atoms with Gasteiger partial charge in [0, 0.05) is 12.6 Å². The van der Waals surface area contributed by atoms with Crippen LogP contribution in [0, 0.1) is 5.82 Å². The number of benzene rings is 1. The predicted octanol–water partition coefficient (Wildman–Crippen LogP) is 2.73. The van der Waals surface area contributed by atoms with Crippen molar-refractivity contribution in [3.8, 4) is 0 Å². The average molecular weight is 237 g/mol. The first-order valence-corrected chi connectivity index (χ1v) is 6.30. The van der Waals surface area contributed by atoms with Gasteiger partial charge in [-0.3, -0.25) is 0 Å². The Bertz CT molecular complexity index is 346. The minimum Gasteiger partial charge on any atom is -0.387 e. The SMILES string of the molecule is CN(C[C@@H](O)c1ccc(F)cc1)C1CCCC1. The highest BCUT2D eigenvalue weighted by Crippen LogP contribution is 2.24. The predicted molar refractivity (Wildman–Crippen MR) is 66.2 cm³/mol. The van der Waals surface area contributed by atoms with Gasteiger partial charge in [-0.05, 0) is 37.6 Å². The zero-order chi connectivity index (χ0) is 12.3. The highest BCUT2D eigenvalue weighted by molar-refractivity contribution is 5.18. The number of rotatable bonds is 4. The largest absolute Gasteiger partial charge is 0.387 e. The maximum atomic E-state index is 12.8. The van der Waals surface area contributed by atoms with Gasteiger partial charge in [-0.25, -0.2) is 4.39 Å². The highest BCUT2D eigenvalue weighted by atomic mass is 19.1. The molecule has 1 N–H and O–H groups in total. The van der Waals surface area contributed by atoms with Gasteiger partial charge in [0.05, 0.1) is 6.10 Å². The van der Waals surface area contributed by atoms with Crippen molar-refractivity contribution in [3.05, 3.63) is 35.6 Å². The molecule has 3 heteroatoms. The third-order valence-electron chi connectivity index (χ3n) is 3.66. The molecule has 2 rings (SSSR count). The lowest BCUT2D eigenvalue weighted by atomic mass is 10.1. The Morgan fingerprint density at radius 1 is 1.29 bits per heavy atom. The van der Waals surface area contributed by atoms with Gasteiger partial charge in [-0.2, -0.15) is 0 Å². The summed E-state index contributed by atoms with van der Waals surface area (Å²) in [5, 5.41) is 10.1. The fourth-order valence-electron chi connectivity index (χ4n) is 2.56. The van der Waals surface area contributed by atoms with Gasteiger partial charge in [-0.15, -0.1) is 0 Å². The van der Waals surface area contributed by atoms with Crippen molar-refractivity contribution in [1.82, 2.24) is 4.90 Å². The number of nitrogens with zero attached hydrogens (tertiary/aromatic N) is 1. The van der Waals surface area contributed by atoms with Crippen LogP contribution in [0.2, 0.25) is 0 Å². The summed E-state index contributed by atoms with van der Waals surface area (Å²) in [4.78, 5) is 2.22. The third kappa shape index (κ3) is 3.27. The molecule has 0 saturated heterocycles. The van der Waals surface area contributed by atoms with E-state index in [1.807, 2.05) is 0 Å². The van der Waals surface area contributed by atoms with Crippen molar-refractivity contribution in [2.75, 3.05) is 13.6 Å². The molecule has 1 aromatic carbocycles. The topological polar surface area (TPSA) is 23.5 Å². The van der Waals surface area contributed by atoms with E-state index in [0.29, 0.717) is 12.6 Å². The molecule has 2 nitrogen and oxygen atoms in total. The smallest absolute Gasteiger partial charge is 0.123 e. The Morgan fingerprint density at radius 2 is 1.88 bits per heavy atom. The van der Waals surface area contributed by atoms with Gasteiger partial charge in [0.15, 0.2) is 0 Å². The van der Waals surface area contributed by atoms with E-state index in [9.17, 15) is 9.50 Å². The normalized spacial score (nSPS) is 18.8. The van der Waals surface area contributed by atoms with Crippen molar-refractivity contribution in [2.45, 2.75) is 37.8 Å². The van der Waals surface area contributed by atoms with E-state index in [2.05, 4.69) is 11.9 Å². The summed E-state index contributed by atoms with van der Waals surface area (Å²) in [5.41, 5.74) is 0.788. The van der Waals surface area contributed by atoms with Crippen LogP contribution in [0.25, 0.3) is 0 Å². The summed E-state index contributed by atoms with van der Waals surface area (Å²) in [5.74, 6) is -0.259. The molecule has 0 radical (unpaired) electrons. The number of hydrogen-bond acceptors (Lipinski definition) is 2. The standard InChI is InChI=1S/C14H20FNO/c1-16(13-4-2-3-5-13)10-14(17)11-6-8-12(15)9-7-11/h6-9,13-14,17H,2-5,10H2,1H3/t14-/m1/s1. The number of halogens is 1. The molecule has 0 aromatic heterocycles. The summed E-state index contributed by atoms with van der Waals surface area (Å²) in [6, 6.07) is 6.71. The number of aliphatic hydroxyl groups is 1. The van der Waals surface area contributed by atoms with Crippen molar-refractivity contribution in [1.29, 1.82) is 0 Å². The Morgan fingerprint density at radius 3 is 2.47 bits per heavy atom. The molecule has 94 valence electrons.